The van der Waals surface area contributed by atoms with Gasteiger partial charge in [0.05, 0.1) is 12.6 Å². The van der Waals surface area contributed by atoms with Gasteiger partial charge >= 0.3 is 0 Å². The fraction of sp³-hybridized carbons (Fsp3) is 0.167. The summed E-state index contributed by atoms with van der Waals surface area (Å²) in [4.78, 5) is 21.3. The first-order valence-electron chi connectivity index (χ1n) is 12.3. The third kappa shape index (κ3) is 4.51. The number of anilines is 1. The molecule has 0 aliphatic heterocycles. The number of ether oxygens (including phenoxy) is 1. The van der Waals surface area contributed by atoms with E-state index in [-0.39, 0.29) is 5.91 Å². The molecule has 184 valence electrons. The number of aromatic nitrogens is 3. The van der Waals surface area contributed by atoms with E-state index in [0.717, 1.165) is 63.4 Å². The van der Waals surface area contributed by atoms with Gasteiger partial charge in [-0.05, 0) is 59.9 Å². The summed E-state index contributed by atoms with van der Waals surface area (Å²) in [6.45, 7) is 0. The molecule has 6 rings (SSSR count). The van der Waals surface area contributed by atoms with Gasteiger partial charge in [0.15, 0.2) is 0 Å². The normalized spacial score (nSPS) is 12.9. The third-order valence-electron chi connectivity index (χ3n) is 6.76. The van der Waals surface area contributed by atoms with Crippen LogP contribution in [-0.4, -0.2) is 40.6 Å². The lowest BCUT2D eigenvalue weighted by Crippen LogP contribution is -2.25. The van der Waals surface area contributed by atoms with E-state index in [2.05, 4.69) is 61.7 Å². The quantitative estimate of drug-likeness (QED) is 0.307. The molecular weight excluding hydrogens is 462 g/mol. The molecule has 0 saturated heterocycles. The molecule has 0 unspecified atom stereocenters. The van der Waals surface area contributed by atoms with Crippen molar-refractivity contribution in [2.75, 3.05) is 19.5 Å². The molecule has 2 N–H and O–H groups in total. The number of hydrogen-bond donors (Lipinski definition) is 2. The first kappa shape index (κ1) is 22.8. The minimum absolute atomic E-state index is 0.0128. The van der Waals surface area contributed by atoms with Crippen molar-refractivity contribution in [3.05, 3.63) is 90.9 Å². The fourth-order valence-electron chi connectivity index (χ4n) is 4.52. The fourth-order valence-corrected chi connectivity index (χ4v) is 4.52. The third-order valence-corrected chi connectivity index (χ3v) is 6.76. The smallest absolute Gasteiger partial charge is 0.251 e. The number of methoxy groups -OCH3 is 1. The summed E-state index contributed by atoms with van der Waals surface area (Å²) in [7, 11) is 3.51. The van der Waals surface area contributed by atoms with Gasteiger partial charge in [-0.2, -0.15) is 0 Å². The maximum Gasteiger partial charge on any atom is 0.251 e. The lowest BCUT2D eigenvalue weighted by atomic mass is 10.00. The number of benzene rings is 3. The van der Waals surface area contributed by atoms with Crippen molar-refractivity contribution in [3.63, 3.8) is 0 Å². The van der Waals surface area contributed by atoms with Gasteiger partial charge < -0.3 is 19.9 Å². The van der Waals surface area contributed by atoms with E-state index in [1.807, 2.05) is 49.5 Å². The van der Waals surface area contributed by atoms with Crippen LogP contribution >= 0.6 is 0 Å². The number of nitrogens with zero attached hydrogens (tertiary/aromatic N) is 3. The highest BCUT2D eigenvalue weighted by Crippen LogP contribution is 2.35. The van der Waals surface area contributed by atoms with E-state index in [4.69, 9.17) is 4.74 Å². The molecule has 1 saturated carbocycles. The average molecular weight is 490 g/mol. The molecule has 0 atom stereocenters. The van der Waals surface area contributed by atoms with Gasteiger partial charge in [0.2, 0.25) is 0 Å². The predicted octanol–water partition coefficient (Wildman–Crippen LogP) is 5.70. The van der Waals surface area contributed by atoms with Crippen LogP contribution in [-0.2, 0) is 0 Å². The molecule has 5 aromatic rings. The Hall–Kier alpha value is -4.65. The average Bonchev–Trinajstić information content (AvgIpc) is 3.69. The summed E-state index contributed by atoms with van der Waals surface area (Å²) in [5, 5.41) is 7.24. The summed E-state index contributed by atoms with van der Waals surface area (Å²) in [6, 6.07) is 24.6. The van der Waals surface area contributed by atoms with Crippen molar-refractivity contribution in [1.29, 1.82) is 0 Å². The van der Waals surface area contributed by atoms with Gasteiger partial charge in [0.1, 0.15) is 23.7 Å². The maximum absolute atomic E-state index is 12.5. The highest BCUT2D eigenvalue weighted by atomic mass is 16.5. The predicted molar refractivity (Wildman–Crippen MR) is 146 cm³/mol. The van der Waals surface area contributed by atoms with Gasteiger partial charge in [-0.1, -0.05) is 36.4 Å². The zero-order valence-electron chi connectivity index (χ0n) is 20.7. The molecule has 1 aliphatic rings. The van der Waals surface area contributed by atoms with Crippen molar-refractivity contribution in [2.24, 2.45) is 0 Å². The van der Waals surface area contributed by atoms with Crippen LogP contribution in [0.1, 0.15) is 23.2 Å². The van der Waals surface area contributed by atoms with E-state index >= 15 is 0 Å². The van der Waals surface area contributed by atoms with Crippen molar-refractivity contribution in [1.82, 2.24) is 19.9 Å². The highest BCUT2D eigenvalue weighted by Gasteiger charge is 2.24. The van der Waals surface area contributed by atoms with Crippen LogP contribution in [0.5, 0.6) is 5.75 Å². The van der Waals surface area contributed by atoms with Crippen LogP contribution in [0.15, 0.2) is 85.3 Å². The second-order valence-electron chi connectivity index (χ2n) is 9.21. The molecule has 7 nitrogen and oxygen atoms in total. The Morgan fingerprint density at radius 3 is 2.35 bits per heavy atom. The molecule has 7 heteroatoms. The number of carbonyl (C=O) groups excluding carboxylic acids is 1. The number of rotatable bonds is 7. The van der Waals surface area contributed by atoms with Crippen molar-refractivity contribution < 1.29 is 9.53 Å². The molecule has 1 fully saturated rings. The zero-order valence-corrected chi connectivity index (χ0v) is 20.7. The second kappa shape index (κ2) is 9.43. The van der Waals surface area contributed by atoms with Gasteiger partial charge in [-0.25, -0.2) is 9.97 Å². The Morgan fingerprint density at radius 1 is 0.919 bits per heavy atom. The molecule has 2 aromatic heterocycles. The molecular formula is C30H27N5O2. The molecule has 1 aliphatic carbocycles. The molecule has 0 bridgehead atoms. The summed E-state index contributed by atoms with van der Waals surface area (Å²) in [5.41, 5.74) is 6.00. The zero-order chi connectivity index (χ0) is 25.4. The standard InChI is InChI=1S/C30H27N5O2/c1-31-28-16-29(33-18-32-28)35-17-26(20-3-5-21(6-4-20)30(36)34-23-10-11-23)25-14-9-22(15-27(25)35)19-7-12-24(37-2)13-8-19/h3-9,12-18,23H,10-11H2,1-2H3,(H,34,36)(H,31,32,33). The lowest BCUT2D eigenvalue weighted by molar-refractivity contribution is 0.0951. The van der Waals surface area contributed by atoms with Crippen LogP contribution < -0.4 is 15.4 Å². The van der Waals surface area contributed by atoms with Crippen molar-refractivity contribution >= 4 is 22.6 Å². The van der Waals surface area contributed by atoms with Crippen LogP contribution in [0.3, 0.4) is 0 Å². The Balaban J connectivity index is 1.45. The molecule has 1 amide bonds. The highest BCUT2D eigenvalue weighted by molar-refractivity contribution is 6.00. The van der Waals surface area contributed by atoms with Gasteiger partial charge in [0.25, 0.3) is 5.91 Å². The first-order chi connectivity index (χ1) is 18.1. The van der Waals surface area contributed by atoms with Crippen molar-refractivity contribution in [3.8, 4) is 33.8 Å². The Kier molecular flexibility index (Phi) is 5.81. The summed E-state index contributed by atoms with van der Waals surface area (Å²) in [5.74, 6) is 2.32. The number of fused-ring (bicyclic) bond motifs is 1. The maximum atomic E-state index is 12.5. The number of nitrogens with one attached hydrogen (secondary N) is 2. The molecule has 3 aromatic carbocycles. The number of hydrogen-bond acceptors (Lipinski definition) is 5. The van der Waals surface area contributed by atoms with Crippen LogP contribution in [0, 0.1) is 0 Å². The molecule has 37 heavy (non-hydrogen) atoms. The molecule has 0 radical (unpaired) electrons. The van der Waals surface area contributed by atoms with Crippen LogP contribution in [0.2, 0.25) is 0 Å². The SMILES string of the molecule is CNc1cc(-n2cc(-c3ccc(C(=O)NC4CC4)cc3)c3ccc(-c4ccc(OC)cc4)cc32)ncn1. The van der Waals surface area contributed by atoms with Gasteiger partial charge in [-0.3, -0.25) is 4.79 Å². The Bertz CT molecular complexity index is 1590. The first-order valence-corrected chi connectivity index (χ1v) is 12.3. The van der Waals surface area contributed by atoms with Crippen LogP contribution in [0.25, 0.3) is 39.0 Å². The molecule has 0 spiro atoms. The minimum atomic E-state index is -0.0128. The minimum Gasteiger partial charge on any atom is -0.497 e. The summed E-state index contributed by atoms with van der Waals surface area (Å²) in [6.07, 6.45) is 5.80. The molecule has 2 heterocycles. The summed E-state index contributed by atoms with van der Waals surface area (Å²) >= 11 is 0. The number of amides is 1. The van der Waals surface area contributed by atoms with E-state index in [1.54, 1.807) is 13.4 Å². The van der Waals surface area contributed by atoms with Gasteiger partial charge in [0, 0.05) is 41.9 Å². The van der Waals surface area contributed by atoms with Crippen molar-refractivity contribution in [2.45, 2.75) is 18.9 Å². The monoisotopic (exact) mass is 489 g/mol. The van der Waals surface area contributed by atoms with Crippen LogP contribution in [0.4, 0.5) is 5.82 Å². The number of carbonyl (C=O) groups is 1. The second-order valence-corrected chi connectivity index (χ2v) is 9.21. The van der Waals surface area contributed by atoms with E-state index < -0.39 is 0 Å². The Labute approximate surface area is 215 Å². The summed E-state index contributed by atoms with van der Waals surface area (Å²) < 4.78 is 7.41. The van der Waals surface area contributed by atoms with E-state index in [0.29, 0.717) is 11.6 Å². The lowest BCUT2D eigenvalue weighted by Gasteiger charge is -2.08. The van der Waals surface area contributed by atoms with E-state index in [1.165, 1.54) is 0 Å². The topological polar surface area (TPSA) is 81.1 Å². The largest absolute Gasteiger partial charge is 0.497 e. The van der Waals surface area contributed by atoms with Gasteiger partial charge in [-0.15, -0.1) is 0 Å². The van der Waals surface area contributed by atoms with E-state index in [9.17, 15) is 4.79 Å². The Morgan fingerprint density at radius 2 is 1.65 bits per heavy atom.